The number of rotatable bonds is 5. The van der Waals surface area contributed by atoms with E-state index in [0.29, 0.717) is 0 Å². The Bertz CT molecular complexity index is 2710. The van der Waals surface area contributed by atoms with Gasteiger partial charge in [-0.05, 0) is 61.2 Å². The molecule has 0 saturated heterocycles. The van der Waals surface area contributed by atoms with Gasteiger partial charge in [-0.1, -0.05) is 151 Å². The number of hydrogen-bond acceptors (Lipinski definition) is 4. The molecule has 10 rings (SSSR count). The fraction of sp³-hybridized carbons (Fsp3) is 0.0612. The first kappa shape index (κ1) is 32.3. The lowest BCUT2D eigenvalue weighted by atomic mass is 9.94. The van der Waals surface area contributed by atoms with E-state index in [1.54, 1.807) is 0 Å². The van der Waals surface area contributed by atoms with Crippen LogP contribution in [0.5, 0.6) is 0 Å². The molecule has 1 unspecified atom stereocenters. The molecule has 0 fully saturated rings. The molecule has 6 aromatic carbocycles. The summed E-state index contributed by atoms with van der Waals surface area (Å²) in [5, 5.41) is 2.72. The van der Waals surface area contributed by atoms with Crippen LogP contribution in [0, 0.1) is 6.92 Å². The van der Waals surface area contributed by atoms with Crippen molar-refractivity contribution < 1.29 is 4.57 Å². The molecule has 2 aliphatic heterocycles. The highest BCUT2D eigenvalue weighted by Gasteiger charge is 2.46. The van der Waals surface area contributed by atoms with Crippen LogP contribution in [0.2, 0.25) is 0 Å². The summed E-state index contributed by atoms with van der Waals surface area (Å²) in [4.78, 5) is 12.5. The van der Waals surface area contributed by atoms with E-state index in [2.05, 4.69) is 133 Å². The maximum atomic E-state index is 16.1. The molecule has 258 valence electrons. The van der Waals surface area contributed by atoms with Gasteiger partial charge in [0.15, 0.2) is 13.0 Å². The Hall–Kier alpha value is -6.35. The van der Waals surface area contributed by atoms with Crippen molar-refractivity contribution in [3.63, 3.8) is 0 Å². The predicted octanol–water partition coefficient (Wildman–Crippen LogP) is 11.6. The Morgan fingerprint density at radius 1 is 0.556 bits per heavy atom. The van der Waals surface area contributed by atoms with Crippen LogP contribution >= 0.6 is 7.14 Å². The Morgan fingerprint density at radius 3 is 1.91 bits per heavy atom. The molecule has 1 aromatic heterocycles. The number of aryl methyl sites for hydroxylation is 1. The zero-order valence-corrected chi connectivity index (χ0v) is 30.7. The molecule has 0 amide bonds. The first-order valence-corrected chi connectivity index (χ1v) is 20.2. The van der Waals surface area contributed by atoms with Crippen LogP contribution in [-0.4, -0.2) is 9.97 Å². The molecule has 54 heavy (non-hydrogen) atoms. The molecule has 0 saturated carbocycles. The van der Waals surface area contributed by atoms with Crippen LogP contribution in [0.4, 0.5) is 11.4 Å². The van der Waals surface area contributed by atoms with Gasteiger partial charge in [-0.2, -0.15) is 0 Å². The average molecular weight is 714 g/mol. The molecule has 1 atom stereocenters. The van der Waals surface area contributed by atoms with Crippen LogP contribution < -0.4 is 15.5 Å². The van der Waals surface area contributed by atoms with E-state index in [1.165, 1.54) is 11.3 Å². The first-order valence-electron chi connectivity index (χ1n) is 18.5. The van der Waals surface area contributed by atoms with Crippen LogP contribution in [0.15, 0.2) is 182 Å². The van der Waals surface area contributed by atoms with Crippen LogP contribution in [0.1, 0.15) is 40.8 Å². The van der Waals surface area contributed by atoms with Gasteiger partial charge in [-0.15, -0.1) is 0 Å². The summed E-state index contributed by atoms with van der Waals surface area (Å²) in [6.45, 7) is 2.08. The molecule has 5 heteroatoms. The highest BCUT2D eigenvalue weighted by atomic mass is 31.2. The van der Waals surface area contributed by atoms with E-state index in [0.717, 1.165) is 96.3 Å². The molecule has 0 bridgehead atoms. The van der Waals surface area contributed by atoms with E-state index in [9.17, 15) is 0 Å². The molecule has 3 heterocycles. The Balaban J connectivity index is 1.14. The third-order valence-corrected chi connectivity index (χ3v) is 14.0. The van der Waals surface area contributed by atoms with Gasteiger partial charge in [0.1, 0.15) is 0 Å². The van der Waals surface area contributed by atoms with E-state index in [-0.39, 0.29) is 0 Å². The van der Waals surface area contributed by atoms with Gasteiger partial charge in [0.25, 0.3) is 0 Å². The Labute approximate surface area is 315 Å². The van der Waals surface area contributed by atoms with Crippen molar-refractivity contribution in [1.29, 1.82) is 0 Å². The summed E-state index contributed by atoms with van der Waals surface area (Å²) in [6, 6.07) is 56.4. The number of allylic oxidation sites excluding steroid dienone is 4. The van der Waals surface area contributed by atoms with Gasteiger partial charge < -0.3 is 9.46 Å². The Kier molecular flexibility index (Phi) is 7.75. The van der Waals surface area contributed by atoms with E-state index >= 15 is 4.57 Å². The van der Waals surface area contributed by atoms with E-state index in [1.807, 2.05) is 54.6 Å². The minimum Gasteiger partial charge on any atom is -0.313 e. The summed E-state index contributed by atoms with van der Waals surface area (Å²) in [5.41, 5.74) is 13.7. The molecule has 4 nitrogen and oxygen atoms in total. The second-order valence-corrected chi connectivity index (χ2v) is 16.8. The SMILES string of the molecule is Cc1cccc(P2(=O)C3=C(c4ccccc4N(C4=CC=C(c5cc(-c6ccccc6)nc(-c6ccccc6)n5)CC4)c4ccccc43)c3ccccc32)c1. The van der Waals surface area contributed by atoms with Crippen molar-refractivity contribution in [2.75, 3.05) is 4.90 Å². The van der Waals surface area contributed by atoms with Crippen molar-refractivity contribution in [3.05, 3.63) is 210 Å². The second kappa shape index (κ2) is 12.9. The number of benzene rings is 6. The zero-order valence-electron chi connectivity index (χ0n) is 29.9. The van der Waals surface area contributed by atoms with Gasteiger partial charge in [-0.25, -0.2) is 9.97 Å². The lowest BCUT2D eigenvalue weighted by Crippen LogP contribution is -2.21. The summed E-state index contributed by atoms with van der Waals surface area (Å²) in [7, 11) is -3.26. The van der Waals surface area contributed by atoms with Crippen molar-refractivity contribution >= 4 is 45.6 Å². The minimum absolute atomic E-state index is 0.719. The summed E-state index contributed by atoms with van der Waals surface area (Å²) < 4.78 is 16.1. The standard InChI is InChI=1S/C49H36N3OP/c1-33-15-14-20-38(31-33)54(53)46-26-13-10-23-41(46)47-39-21-8-11-24-44(39)52(45-25-12-9-22-40(45)48(47)54)37-29-27-35(28-30-37)43-32-42(34-16-4-2-5-17-34)50-49(51-43)36-18-6-3-7-19-36/h2-27,29,31-32H,28,30H2,1H3. The summed E-state index contributed by atoms with van der Waals surface area (Å²) >= 11 is 0. The third-order valence-electron chi connectivity index (χ3n) is 10.8. The zero-order chi connectivity index (χ0) is 36.2. The highest BCUT2D eigenvalue weighted by Crippen LogP contribution is 2.68. The van der Waals surface area contributed by atoms with Gasteiger partial charge >= 0.3 is 0 Å². The molecule has 3 aliphatic rings. The van der Waals surface area contributed by atoms with Crippen LogP contribution in [0.25, 0.3) is 39.1 Å². The third kappa shape index (κ3) is 5.17. The summed E-state index contributed by atoms with van der Waals surface area (Å²) in [6.07, 6.45) is 6.10. The first-order chi connectivity index (χ1) is 26.6. The molecule has 0 N–H and O–H groups in total. The van der Waals surface area contributed by atoms with E-state index < -0.39 is 7.14 Å². The maximum absolute atomic E-state index is 16.1. The van der Waals surface area contributed by atoms with Crippen molar-refractivity contribution in [1.82, 2.24) is 9.97 Å². The predicted molar refractivity (Wildman–Crippen MR) is 224 cm³/mol. The smallest absolute Gasteiger partial charge is 0.172 e. The van der Waals surface area contributed by atoms with Crippen LogP contribution in [-0.2, 0) is 4.57 Å². The molecule has 1 aliphatic carbocycles. The van der Waals surface area contributed by atoms with Gasteiger partial charge in [-0.3, -0.25) is 0 Å². The van der Waals surface area contributed by atoms with Crippen molar-refractivity contribution in [2.45, 2.75) is 19.8 Å². The fourth-order valence-corrected chi connectivity index (χ4v) is 11.7. The normalized spacial score (nSPS) is 17.1. The fourth-order valence-electron chi connectivity index (χ4n) is 8.33. The quantitative estimate of drug-likeness (QED) is 0.167. The topological polar surface area (TPSA) is 46.1 Å². The highest BCUT2D eigenvalue weighted by molar-refractivity contribution is 7.88. The largest absolute Gasteiger partial charge is 0.313 e. The Morgan fingerprint density at radius 2 is 1.19 bits per heavy atom. The number of aromatic nitrogens is 2. The molecule has 0 radical (unpaired) electrons. The lowest BCUT2D eigenvalue weighted by molar-refractivity contribution is 0.593. The summed E-state index contributed by atoms with van der Waals surface area (Å²) in [5.74, 6) is 0.719. The number of para-hydroxylation sites is 2. The minimum atomic E-state index is -3.26. The maximum Gasteiger partial charge on any atom is 0.172 e. The van der Waals surface area contributed by atoms with Gasteiger partial charge in [0.2, 0.25) is 0 Å². The molecular weight excluding hydrogens is 678 g/mol. The molecule has 7 aromatic rings. The van der Waals surface area contributed by atoms with Crippen molar-refractivity contribution in [3.8, 4) is 22.6 Å². The van der Waals surface area contributed by atoms with Crippen molar-refractivity contribution in [2.24, 2.45) is 0 Å². The molecule has 0 spiro atoms. The van der Waals surface area contributed by atoms with Gasteiger partial charge in [0, 0.05) is 49.4 Å². The molecular formula is C49H36N3OP. The number of fused-ring (bicyclic) bond motifs is 6. The average Bonchev–Trinajstić information content (AvgIpc) is 3.42. The number of nitrogens with zero attached hydrogens (tertiary/aromatic N) is 3. The van der Waals surface area contributed by atoms with E-state index in [4.69, 9.17) is 9.97 Å². The van der Waals surface area contributed by atoms with Gasteiger partial charge in [0.05, 0.1) is 22.8 Å². The number of hydrogen-bond donors (Lipinski definition) is 0. The number of anilines is 2. The van der Waals surface area contributed by atoms with Crippen LogP contribution in [0.3, 0.4) is 0 Å². The monoisotopic (exact) mass is 713 g/mol. The lowest BCUT2D eigenvalue weighted by Gasteiger charge is -2.32. The second-order valence-electron chi connectivity index (χ2n) is 14.1.